The van der Waals surface area contributed by atoms with Gasteiger partial charge in [0.1, 0.15) is 17.1 Å². The number of piperidine rings is 1. The third kappa shape index (κ3) is 4.17. The van der Waals surface area contributed by atoms with E-state index in [1.807, 2.05) is 39.0 Å². The van der Waals surface area contributed by atoms with Crippen LogP contribution in [0.5, 0.6) is 5.75 Å². The van der Waals surface area contributed by atoms with Gasteiger partial charge in [0.15, 0.2) is 0 Å². The topological polar surface area (TPSA) is 80.4 Å². The van der Waals surface area contributed by atoms with Crippen LogP contribution in [0.25, 0.3) is 10.9 Å². The van der Waals surface area contributed by atoms with E-state index in [0.29, 0.717) is 12.6 Å². The molecule has 0 aliphatic carbocycles. The average molecular weight is 396 g/mol. The molecule has 0 atom stereocenters. The van der Waals surface area contributed by atoms with Crippen molar-refractivity contribution in [2.24, 2.45) is 0 Å². The van der Waals surface area contributed by atoms with E-state index >= 15 is 0 Å². The van der Waals surface area contributed by atoms with Gasteiger partial charge in [-0.05, 0) is 58.9 Å². The maximum atomic E-state index is 5.61. The van der Waals surface area contributed by atoms with E-state index in [-0.39, 0.29) is 0 Å². The zero-order valence-corrected chi connectivity index (χ0v) is 17.6. The Morgan fingerprint density at radius 2 is 1.93 bits per heavy atom. The fourth-order valence-corrected chi connectivity index (χ4v) is 3.91. The van der Waals surface area contributed by atoms with E-state index in [1.54, 1.807) is 0 Å². The van der Waals surface area contributed by atoms with Crippen LogP contribution in [0, 0.1) is 13.8 Å². The van der Waals surface area contributed by atoms with Crippen LogP contribution >= 0.6 is 0 Å². The summed E-state index contributed by atoms with van der Waals surface area (Å²) in [6.07, 6.45) is 2.12. The number of ether oxygens (including phenoxy) is 1. The average Bonchev–Trinajstić information content (AvgIpc) is 3.13. The molecule has 1 aliphatic heterocycles. The number of anilines is 1. The van der Waals surface area contributed by atoms with Crippen LogP contribution in [0.2, 0.25) is 0 Å². The number of hydrogen-bond acceptors (Lipinski definition) is 8. The molecule has 0 saturated carbocycles. The number of aryl methyl sites for hydroxylation is 2. The first-order valence-corrected chi connectivity index (χ1v) is 10.2. The molecule has 2 aromatic heterocycles. The lowest BCUT2D eigenvalue weighted by Gasteiger charge is -2.36. The van der Waals surface area contributed by atoms with Crippen LogP contribution in [0.3, 0.4) is 0 Å². The minimum absolute atomic E-state index is 0.498. The molecule has 8 heteroatoms. The van der Waals surface area contributed by atoms with Crippen LogP contribution in [0.1, 0.15) is 36.8 Å². The Morgan fingerprint density at radius 1 is 1.14 bits per heavy atom. The van der Waals surface area contributed by atoms with E-state index in [2.05, 4.69) is 27.2 Å². The van der Waals surface area contributed by atoms with Gasteiger partial charge in [0, 0.05) is 31.1 Å². The predicted molar refractivity (Wildman–Crippen MR) is 111 cm³/mol. The molecule has 0 radical (unpaired) electrons. The number of benzene rings is 1. The first kappa shape index (κ1) is 19.6. The fourth-order valence-electron chi connectivity index (χ4n) is 3.91. The van der Waals surface area contributed by atoms with Crippen molar-refractivity contribution >= 4 is 16.9 Å². The molecule has 0 amide bonds. The van der Waals surface area contributed by atoms with E-state index in [9.17, 15) is 0 Å². The van der Waals surface area contributed by atoms with Gasteiger partial charge in [0.05, 0.1) is 17.8 Å². The Bertz CT molecular complexity index is 980. The number of hydrogen-bond donors (Lipinski definition) is 0. The summed E-state index contributed by atoms with van der Waals surface area (Å²) in [4.78, 5) is 14.2. The van der Waals surface area contributed by atoms with Gasteiger partial charge in [-0.1, -0.05) is 10.3 Å². The summed E-state index contributed by atoms with van der Waals surface area (Å²) < 4.78 is 10.4. The quantitative estimate of drug-likeness (QED) is 0.629. The van der Waals surface area contributed by atoms with Crippen LogP contribution in [0.4, 0.5) is 5.95 Å². The van der Waals surface area contributed by atoms with Gasteiger partial charge in [0.2, 0.25) is 5.95 Å². The zero-order chi connectivity index (χ0) is 20.4. The Hall–Kier alpha value is -2.74. The molecule has 3 heterocycles. The SMILES string of the molecule is CCOc1ccc2nc(N3CCC(N(C)Cc4nonc4C)CC3)nc(C)c2c1. The highest BCUT2D eigenvalue weighted by atomic mass is 16.6. The summed E-state index contributed by atoms with van der Waals surface area (Å²) in [6, 6.07) is 6.52. The van der Waals surface area contributed by atoms with Crippen molar-refractivity contribution in [1.29, 1.82) is 0 Å². The van der Waals surface area contributed by atoms with E-state index in [1.165, 1.54) is 0 Å². The molecule has 0 bridgehead atoms. The molecule has 1 aromatic carbocycles. The second-order valence-corrected chi connectivity index (χ2v) is 7.65. The van der Waals surface area contributed by atoms with Crippen molar-refractivity contribution in [2.75, 3.05) is 31.6 Å². The maximum absolute atomic E-state index is 5.61. The molecular formula is C21H28N6O2. The molecular weight excluding hydrogens is 368 g/mol. The van der Waals surface area contributed by atoms with Gasteiger partial charge in [0.25, 0.3) is 0 Å². The van der Waals surface area contributed by atoms with E-state index in [0.717, 1.165) is 72.2 Å². The molecule has 154 valence electrons. The molecule has 4 rings (SSSR count). The highest BCUT2D eigenvalue weighted by Gasteiger charge is 2.25. The molecule has 1 aliphatic rings. The third-order valence-electron chi connectivity index (χ3n) is 5.67. The normalized spacial score (nSPS) is 15.4. The Labute approximate surface area is 170 Å². The van der Waals surface area contributed by atoms with Crippen molar-refractivity contribution in [1.82, 2.24) is 25.2 Å². The molecule has 3 aromatic rings. The van der Waals surface area contributed by atoms with Crippen LogP contribution in [0.15, 0.2) is 22.8 Å². The van der Waals surface area contributed by atoms with Crippen molar-refractivity contribution in [3.63, 3.8) is 0 Å². The van der Waals surface area contributed by atoms with Gasteiger partial charge < -0.3 is 9.64 Å². The largest absolute Gasteiger partial charge is 0.494 e. The summed E-state index contributed by atoms with van der Waals surface area (Å²) in [5.41, 5.74) is 3.72. The molecule has 0 unspecified atom stereocenters. The molecule has 1 saturated heterocycles. The minimum Gasteiger partial charge on any atom is -0.494 e. The Balaban J connectivity index is 1.43. The van der Waals surface area contributed by atoms with Gasteiger partial charge in [-0.15, -0.1) is 0 Å². The summed E-state index contributed by atoms with van der Waals surface area (Å²) in [5.74, 6) is 1.68. The highest BCUT2D eigenvalue weighted by Crippen LogP contribution is 2.26. The lowest BCUT2D eigenvalue weighted by atomic mass is 10.0. The summed E-state index contributed by atoms with van der Waals surface area (Å²) in [5, 5.41) is 8.92. The summed E-state index contributed by atoms with van der Waals surface area (Å²) in [7, 11) is 2.14. The second kappa shape index (κ2) is 8.32. The van der Waals surface area contributed by atoms with Gasteiger partial charge in [-0.25, -0.2) is 14.6 Å². The summed E-state index contributed by atoms with van der Waals surface area (Å²) >= 11 is 0. The lowest BCUT2D eigenvalue weighted by molar-refractivity contribution is 0.193. The van der Waals surface area contributed by atoms with Gasteiger partial charge in [-0.2, -0.15) is 0 Å². The van der Waals surface area contributed by atoms with Crippen molar-refractivity contribution < 1.29 is 9.37 Å². The van der Waals surface area contributed by atoms with Crippen LogP contribution in [-0.2, 0) is 6.54 Å². The number of fused-ring (bicyclic) bond motifs is 1. The van der Waals surface area contributed by atoms with Crippen molar-refractivity contribution in [3.05, 3.63) is 35.3 Å². The molecule has 0 spiro atoms. The van der Waals surface area contributed by atoms with Crippen LogP contribution < -0.4 is 9.64 Å². The maximum Gasteiger partial charge on any atom is 0.226 e. The second-order valence-electron chi connectivity index (χ2n) is 7.65. The fraction of sp³-hybridized carbons (Fsp3) is 0.524. The standard InChI is InChI=1S/C21H28N6O2/c1-5-28-17-6-7-19-18(12-17)14(2)22-21(23-19)27-10-8-16(9-11-27)26(4)13-20-15(3)24-29-25-20/h6-7,12,16H,5,8-11,13H2,1-4H3. The molecule has 29 heavy (non-hydrogen) atoms. The monoisotopic (exact) mass is 396 g/mol. The van der Waals surface area contributed by atoms with Gasteiger partial charge >= 0.3 is 0 Å². The zero-order valence-electron chi connectivity index (χ0n) is 17.6. The van der Waals surface area contributed by atoms with Gasteiger partial charge in [-0.3, -0.25) is 4.90 Å². The smallest absolute Gasteiger partial charge is 0.226 e. The molecule has 8 nitrogen and oxygen atoms in total. The number of rotatable bonds is 6. The minimum atomic E-state index is 0.498. The predicted octanol–water partition coefficient (Wildman–Crippen LogP) is 3.13. The van der Waals surface area contributed by atoms with Crippen molar-refractivity contribution in [3.8, 4) is 5.75 Å². The first-order valence-electron chi connectivity index (χ1n) is 10.2. The third-order valence-corrected chi connectivity index (χ3v) is 5.67. The number of aromatic nitrogens is 4. The van der Waals surface area contributed by atoms with E-state index < -0.39 is 0 Å². The lowest BCUT2D eigenvalue weighted by Crippen LogP contribution is -2.43. The summed E-state index contributed by atoms with van der Waals surface area (Å²) in [6.45, 7) is 9.24. The highest BCUT2D eigenvalue weighted by molar-refractivity contribution is 5.83. The van der Waals surface area contributed by atoms with Crippen molar-refractivity contribution in [2.45, 2.75) is 46.2 Å². The Kier molecular flexibility index (Phi) is 5.62. The van der Waals surface area contributed by atoms with Crippen LogP contribution in [-0.4, -0.2) is 58.0 Å². The Morgan fingerprint density at radius 3 is 2.62 bits per heavy atom. The number of nitrogens with zero attached hydrogens (tertiary/aromatic N) is 6. The first-order chi connectivity index (χ1) is 14.0. The molecule has 1 fully saturated rings. The van der Waals surface area contributed by atoms with E-state index in [4.69, 9.17) is 19.3 Å². The molecule has 0 N–H and O–H groups in total.